The van der Waals surface area contributed by atoms with Crippen molar-refractivity contribution in [1.82, 2.24) is 14.8 Å². The average Bonchev–Trinajstić information content (AvgIpc) is 2.97. The van der Waals surface area contributed by atoms with E-state index in [1.807, 2.05) is 6.07 Å². The number of carboxylic acid groups (broad SMARTS) is 1. The van der Waals surface area contributed by atoms with Crippen LogP contribution in [0.3, 0.4) is 0 Å². The van der Waals surface area contributed by atoms with Crippen molar-refractivity contribution in [2.75, 3.05) is 26.2 Å². The molecular formula is C16H23N3O2. The van der Waals surface area contributed by atoms with Crippen molar-refractivity contribution in [1.29, 1.82) is 0 Å². The Balaban J connectivity index is 1.56. The molecule has 3 heterocycles. The molecule has 5 heteroatoms. The van der Waals surface area contributed by atoms with Gasteiger partial charge in [0.05, 0.1) is 5.69 Å². The number of carboxylic acids is 1. The zero-order valence-corrected chi connectivity index (χ0v) is 12.4. The minimum absolute atomic E-state index is 0.138. The van der Waals surface area contributed by atoms with Crippen LogP contribution in [0.1, 0.15) is 41.9 Å². The first kappa shape index (κ1) is 14.5. The number of aromatic nitrogens is 1. The fourth-order valence-electron chi connectivity index (χ4n) is 3.45. The van der Waals surface area contributed by atoms with Gasteiger partial charge in [-0.15, -0.1) is 0 Å². The number of pyridine rings is 1. The number of aromatic carboxylic acids is 1. The summed E-state index contributed by atoms with van der Waals surface area (Å²) in [5.41, 5.74) is 0.994. The van der Waals surface area contributed by atoms with Crippen LogP contribution in [0.5, 0.6) is 0 Å². The molecule has 0 aromatic carbocycles. The number of carbonyl (C=O) groups is 1. The fourth-order valence-corrected chi connectivity index (χ4v) is 3.45. The van der Waals surface area contributed by atoms with E-state index in [1.165, 1.54) is 38.8 Å². The molecule has 1 aromatic rings. The number of likely N-dealkylation sites (tertiary alicyclic amines) is 2. The number of rotatable bonds is 4. The van der Waals surface area contributed by atoms with Gasteiger partial charge in [0.1, 0.15) is 5.69 Å². The van der Waals surface area contributed by atoms with Gasteiger partial charge in [0.2, 0.25) is 0 Å². The van der Waals surface area contributed by atoms with Gasteiger partial charge in [-0.3, -0.25) is 9.80 Å². The predicted octanol–water partition coefficient (Wildman–Crippen LogP) is 1.84. The largest absolute Gasteiger partial charge is 0.477 e. The Morgan fingerprint density at radius 1 is 1.24 bits per heavy atom. The first-order valence-electron chi connectivity index (χ1n) is 7.88. The van der Waals surface area contributed by atoms with E-state index in [-0.39, 0.29) is 5.69 Å². The first-order chi connectivity index (χ1) is 10.2. The lowest BCUT2D eigenvalue weighted by atomic mass is 10.1. The van der Waals surface area contributed by atoms with Gasteiger partial charge in [-0.1, -0.05) is 12.5 Å². The molecule has 0 saturated carbocycles. The van der Waals surface area contributed by atoms with Crippen molar-refractivity contribution in [2.45, 2.75) is 38.3 Å². The second kappa shape index (κ2) is 6.54. The standard InChI is InChI=1S/C16H23N3O2/c20-16(21)15-6-4-5-13(17-15)11-18-10-7-14(12-18)19-8-2-1-3-9-19/h4-6,14H,1-3,7-12H2,(H,20,21)/t14-/m1/s1. The number of hydrogen-bond acceptors (Lipinski definition) is 4. The fraction of sp³-hybridized carbons (Fsp3) is 0.625. The monoisotopic (exact) mass is 289 g/mol. The third-order valence-electron chi connectivity index (χ3n) is 4.57. The van der Waals surface area contributed by atoms with Crippen molar-refractivity contribution in [3.8, 4) is 0 Å². The van der Waals surface area contributed by atoms with Crippen LogP contribution in [0, 0.1) is 0 Å². The van der Waals surface area contributed by atoms with Crippen LogP contribution in [0.15, 0.2) is 18.2 Å². The summed E-state index contributed by atoms with van der Waals surface area (Å²) in [6.07, 6.45) is 5.26. The van der Waals surface area contributed by atoms with E-state index in [4.69, 9.17) is 5.11 Å². The Labute approximate surface area is 125 Å². The third kappa shape index (κ3) is 3.60. The Morgan fingerprint density at radius 3 is 2.81 bits per heavy atom. The molecule has 1 N–H and O–H groups in total. The Morgan fingerprint density at radius 2 is 2.05 bits per heavy atom. The zero-order valence-electron chi connectivity index (χ0n) is 12.4. The number of nitrogens with zero attached hydrogens (tertiary/aromatic N) is 3. The van der Waals surface area contributed by atoms with E-state index in [1.54, 1.807) is 12.1 Å². The van der Waals surface area contributed by atoms with Gasteiger partial charge in [0, 0.05) is 25.7 Å². The van der Waals surface area contributed by atoms with E-state index in [0.29, 0.717) is 6.04 Å². The molecule has 2 fully saturated rings. The van der Waals surface area contributed by atoms with Crippen LogP contribution >= 0.6 is 0 Å². The second-order valence-corrected chi connectivity index (χ2v) is 6.09. The lowest BCUT2D eigenvalue weighted by molar-refractivity contribution is 0.0690. The van der Waals surface area contributed by atoms with Gasteiger partial charge in [-0.25, -0.2) is 9.78 Å². The molecule has 2 aliphatic rings. The van der Waals surface area contributed by atoms with E-state index in [2.05, 4.69) is 14.8 Å². The molecule has 0 unspecified atom stereocenters. The highest BCUT2D eigenvalue weighted by atomic mass is 16.4. The molecule has 5 nitrogen and oxygen atoms in total. The summed E-state index contributed by atoms with van der Waals surface area (Å²) in [7, 11) is 0. The average molecular weight is 289 g/mol. The summed E-state index contributed by atoms with van der Waals surface area (Å²) in [6, 6.07) is 5.92. The van der Waals surface area contributed by atoms with E-state index < -0.39 is 5.97 Å². The highest BCUT2D eigenvalue weighted by Crippen LogP contribution is 2.21. The Hall–Kier alpha value is -1.46. The molecular weight excluding hydrogens is 266 g/mol. The van der Waals surface area contributed by atoms with Crippen LogP contribution in [-0.4, -0.2) is 58.1 Å². The Kier molecular flexibility index (Phi) is 4.51. The summed E-state index contributed by atoms with van der Waals surface area (Å²) < 4.78 is 0. The smallest absolute Gasteiger partial charge is 0.354 e. The molecule has 114 valence electrons. The Bertz CT molecular complexity index is 500. The molecule has 2 aliphatic heterocycles. The van der Waals surface area contributed by atoms with Crippen LogP contribution in [0.25, 0.3) is 0 Å². The highest BCUT2D eigenvalue weighted by molar-refractivity contribution is 5.85. The molecule has 0 amide bonds. The quantitative estimate of drug-likeness (QED) is 0.916. The molecule has 1 aromatic heterocycles. The van der Waals surface area contributed by atoms with Gasteiger partial charge in [0.25, 0.3) is 0 Å². The summed E-state index contributed by atoms with van der Waals surface area (Å²) in [5.74, 6) is -0.954. The number of hydrogen-bond donors (Lipinski definition) is 1. The van der Waals surface area contributed by atoms with Gasteiger partial charge in [-0.2, -0.15) is 0 Å². The van der Waals surface area contributed by atoms with Crippen molar-refractivity contribution < 1.29 is 9.90 Å². The minimum atomic E-state index is -0.954. The number of piperidine rings is 1. The summed E-state index contributed by atoms with van der Waals surface area (Å²) in [5, 5.41) is 9.00. The summed E-state index contributed by atoms with van der Waals surface area (Å²) >= 11 is 0. The zero-order chi connectivity index (χ0) is 14.7. The maximum atomic E-state index is 11.0. The topological polar surface area (TPSA) is 56.7 Å². The molecule has 0 bridgehead atoms. The van der Waals surface area contributed by atoms with Gasteiger partial charge in [0.15, 0.2) is 0 Å². The summed E-state index contributed by atoms with van der Waals surface area (Å²) in [6.45, 7) is 5.40. The second-order valence-electron chi connectivity index (χ2n) is 6.09. The van der Waals surface area contributed by atoms with Crippen LogP contribution in [-0.2, 0) is 6.54 Å². The minimum Gasteiger partial charge on any atom is -0.477 e. The lowest BCUT2D eigenvalue weighted by Crippen LogP contribution is -2.40. The van der Waals surface area contributed by atoms with Crippen molar-refractivity contribution in [3.05, 3.63) is 29.6 Å². The molecule has 3 rings (SSSR count). The van der Waals surface area contributed by atoms with E-state index in [0.717, 1.165) is 25.3 Å². The van der Waals surface area contributed by atoms with Crippen molar-refractivity contribution >= 4 is 5.97 Å². The van der Waals surface area contributed by atoms with Crippen molar-refractivity contribution in [2.24, 2.45) is 0 Å². The van der Waals surface area contributed by atoms with Crippen molar-refractivity contribution in [3.63, 3.8) is 0 Å². The normalized spacial score (nSPS) is 24.3. The third-order valence-corrected chi connectivity index (χ3v) is 4.57. The van der Waals surface area contributed by atoms with Gasteiger partial charge in [-0.05, 0) is 44.5 Å². The van der Waals surface area contributed by atoms with Crippen LogP contribution < -0.4 is 0 Å². The predicted molar refractivity (Wildman–Crippen MR) is 80.3 cm³/mol. The molecule has 0 spiro atoms. The summed E-state index contributed by atoms with van der Waals surface area (Å²) in [4.78, 5) is 20.2. The van der Waals surface area contributed by atoms with Crippen LogP contribution in [0.4, 0.5) is 0 Å². The van der Waals surface area contributed by atoms with Crippen LogP contribution in [0.2, 0.25) is 0 Å². The van der Waals surface area contributed by atoms with Gasteiger partial charge < -0.3 is 5.11 Å². The van der Waals surface area contributed by atoms with E-state index >= 15 is 0 Å². The first-order valence-corrected chi connectivity index (χ1v) is 7.88. The molecule has 21 heavy (non-hydrogen) atoms. The van der Waals surface area contributed by atoms with E-state index in [9.17, 15) is 4.79 Å². The molecule has 0 aliphatic carbocycles. The lowest BCUT2D eigenvalue weighted by Gasteiger charge is -2.32. The maximum Gasteiger partial charge on any atom is 0.354 e. The molecule has 2 saturated heterocycles. The maximum absolute atomic E-state index is 11.0. The molecule has 0 radical (unpaired) electrons. The molecule has 1 atom stereocenters. The van der Waals surface area contributed by atoms with Gasteiger partial charge >= 0.3 is 5.97 Å². The highest BCUT2D eigenvalue weighted by Gasteiger charge is 2.28. The SMILES string of the molecule is O=C(O)c1cccc(CN2CC[C@@H](N3CCCCC3)C2)n1.